The highest BCUT2D eigenvalue weighted by molar-refractivity contribution is 6.31. The molecule has 2 atom stereocenters. The van der Waals surface area contributed by atoms with Crippen LogP contribution in [0, 0.1) is 0 Å². The summed E-state index contributed by atoms with van der Waals surface area (Å²) in [5.74, 6) is 0.501. The van der Waals surface area contributed by atoms with Gasteiger partial charge >= 0.3 is 0 Å². The molecule has 2 unspecified atom stereocenters. The molecule has 15 heavy (non-hydrogen) atoms. The summed E-state index contributed by atoms with van der Waals surface area (Å²) < 4.78 is 5.73. The van der Waals surface area contributed by atoms with Gasteiger partial charge in [-0.15, -0.1) is 0 Å². The smallest absolute Gasteiger partial charge is 0.232 e. The summed E-state index contributed by atoms with van der Waals surface area (Å²) in [6, 6.07) is 3.67. The van der Waals surface area contributed by atoms with Crippen molar-refractivity contribution in [1.29, 1.82) is 0 Å². The SMILES string of the molecule is NC1CCCCC1Oc1ncccc1Cl. The van der Waals surface area contributed by atoms with Crippen molar-refractivity contribution in [3.05, 3.63) is 23.4 Å². The third-order valence-electron chi connectivity index (χ3n) is 2.74. The van der Waals surface area contributed by atoms with E-state index in [1.807, 2.05) is 0 Å². The molecule has 0 aromatic carbocycles. The van der Waals surface area contributed by atoms with E-state index in [2.05, 4.69) is 4.98 Å². The molecule has 0 bridgehead atoms. The lowest BCUT2D eigenvalue weighted by molar-refractivity contribution is 0.127. The Morgan fingerprint density at radius 3 is 2.93 bits per heavy atom. The maximum absolute atomic E-state index is 5.98. The van der Waals surface area contributed by atoms with Crippen LogP contribution in [-0.2, 0) is 0 Å². The van der Waals surface area contributed by atoms with Gasteiger partial charge in [0.25, 0.3) is 0 Å². The van der Waals surface area contributed by atoms with Crippen molar-refractivity contribution >= 4 is 11.6 Å². The van der Waals surface area contributed by atoms with Gasteiger partial charge in [0.1, 0.15) is 11.1 Å². The summed E-state index contributed by atoms with van der Waals surface area (Å²) in [4.78, 5) is 4.10. The van der Waals surface area contributed by atoms with Gasteiger partial charge in [-0.25, -0.2) is 4.98 Å². The second-order valence-electron chi connectivity index (χ2n) is 3.89. The van der Waals surface area contributed by atoms with Gasteiger partial charge in [-0.3, -0.25) is 0 Å². The molecule has 1 aliphatic rings. The van der Waals surface area contributed by atoms with E-state index in [1.165, 1.54) is 12.8 Å². The van der Waals surface area contributed by atoms with Gasteiger partial charge in [0.05, 0.1) is 0 Å². The maximum Gasteiger partial charge on any atom is 0.232 e. The second-order valence-corrected chi connectivity index (χ2v) is 4.30. The van der Waals surface area contributed by atoms with Gasteiger partial charge in [-0.1, -0.05) is 18.0 Å². The van der Waals surface area contributed by atoms with Crippen molar-refractivity contribution in [2.24, 2.45) is 5.73 Å². The van der Waals surface area contributed by atoms with Crippen molar-refractivity contribution in [2.45, 2.75) is 37.8 Å². The number of ether oxygens (including phenoxy) is 1. The third-order valence-corrected chi connectivity index (χ3v) is 3.03. The molecule has 0 amide bonds. The number of aromatic nitrogens is 1. The van der Waals surface area contributed by atoms with E-state index in [4.69, 9.17) is 22.1 Å². The largest absolute Gasteiger partial charge is 0.472 e. The van der Waals surface area contributed by atoms with Crippen molar-refractivity contribution in [1.82, 2.24) is 4.98 Å². The topological polar surface area (TPSA) is 48.1 Å². The summed E-state index contributed by atoms with van der Waals surface area (Å²) in [5.41, 5.74) is 5.98. The van der Waals surface area contributed by atoms with E-state index in [1.54, 1.807) is 18.3 Å². The van der Waals surface area contributed by atoms with Gasteiger partial charge in [0, 0.05) is 12.2 Å². The van der Waals surface area contributed by atoms with Crippen LogP contribution in [0.2, 0.25) is 5.02 Å². The summed E-state index contributed by atoms with van der Waals surface area (Å²) in [7, 11) is 0. The number of halogens is 1. The third kappa shape index (κ3) is 2.61. The second kappa shape index (κ2) is 4.81. The molecular weight excluding hydrogens is 212 g/mol. The molecule has 1 saturated carbocycles. The first kappa shape index (κ1) is 10.7. The van der Waals surface area contributed by atoms with Crippen LogP contribution in [0.4, 0.5) is 0 Å². The normalized spacial score (nSPS) is 26.3. The predicted octanol–water partition coefficient (Wildman–Crippen LogP) is 2.38. The lowest BCUT2D eigenvalue weighted by atomic mass is 9.93. The van der Waals surface area contributed by atoms with Gasteiger partial charge < -0.3 is 10.5 Å². The molecule has 0 spiro atoms. The van der Waals surface area contributed by atoms with Gasteiger partial charge in [-0.05, 0) is 31.4 Å². The Bertz CT molecular complexity index is 332. The minimum atomic E-state index is 0.0612. The lowest BCUT2D eigenvalue weighted by Crippen LogP contribution is -2.41. The average molecular weight is 227 g/mol. The van der Waals surface area contributed by atoms with Crippen LogP contribution in [0.15, 0.2) is 18.3 Å². The summed E-state index contributed by atoms with van der Waals surface area (Å²) >= 11 is 5.96. The number of pyridine rings is 1. The Morgan fingerprint density at radius 1 is 1.40 bits per heavy atom. The molecule has 0 aliphatic heterocycles. The van der Waals surface area contributed by atoms with Crippen LogP contribution in [0.3, 0.4) is 0 Å². The highest BCUT2D eigenvalue weighted by Gasteiger charge is 2.24. The summed E-state index contributed by atoms with van der Waals surface area (Å²) in [6.45, 7) is 0. The number of nitrogens with zero attached hydrogens (tertiary/aromatic N) is 1. The number of nitrogens with two attached hydrogens (primary N) is 1. The Balaban J connectivity index is 2.04. The predicted molar refractivity (Wildman–Crippen MR) is 60.1 cm³/mol. The number of rotatable bonds is 2. The van der Waals surface area contributed by atoms with Crippen molar-refractivity contribution < 1.29 is 4.74 Å². The zero-order valence-electron chi connectivity index (χ0n) is 8.53. The first-order valence-electron chi connectivity index (χ1n) is 5.30. The van der Waals surface area contributed by atoms with E-state index in [0.717, 1.165) is 12.8 Å². The molecule has 0 radical (unpaired) electrons. The average Bonchev–Trinajstić information content (AvgIpc) is 2.24. The molecule has 82 valence electrons. The Kier molecular flexibility index (Phi) is 3.44. The van der Waals surface area contributed by atoms with Crippen LogP contribution in [0.5, 0.6) is 5.88 Å². The van der Waals surface area contributed by atoms with E-state index >= 15 is 0 Å². The van der Waals surface area contributed by atoms with Crippen molar-refractivity contribution in [3.63, 3.8) is 0 Å². The fourth-order valence-electron chi connectivity index (χ4n) is 1.87. The molecule has 1 aliphatic carbocycles. The van der Waals surface area contributed by atoms with Crippen LogP contribution in [-0.4, -0.2) is 17.1 Å². The summed E-state index contributed by atoms with van der Waals surface area (Å²) in [5, 5.41) is 0.551. The highest BCUT2D eigenvalue weighted by Crippen LogP contribution is 2.26. The van der Waals surface area contributed by atoms with E-state index in [-0.39, 0.29) is 12.1 Å². The van der Waals surface area contributed by atoms with Crippen LogP contribution < -0.4 is 10.5 Å². The number of hydrogen-bond donors (Lipinski definition) is 1. The molecule has 2 rings (SSSR count). The molecule has 1 fully saturated rings. The molecular formula is C11H15ClN2O. The fourth-order valence-corrected chi connectivity index (χ4v) is 2.04. The minimum Gasteiger partial charge on any atom is -0.472 e. The van der Waals surface area contributed by atoms with E-state index < -0.39 is 0 Å². The fraction of sp³-hybridized carbons (Fsp3) is 0.545. The minimum absolute atomic E-state index is 0.0612. The van der Waals surface area contributed by atoms with Crippen LogP contribution in [0.1, 0.15) is 25.7 Å². The molecule has 0 saturated heterocycles. The van der Waals surface area contributed by atoms with Gasteiger partial charge in [0.15, 0.2) is 0 Å². The monoisotopic (exact) mass is 226 g/mol. The first-order valence-corrected chi connectivity index (χ1v) is 5.68. The van der Waals surface area contributed by atoms with Crippen molar-refractivity contribution in [3.8, 4) is 5.88 Å². The van der Waals surface area contributed by atoms with Gasteiger partial charge in [0.2, 0.25) is 5.88 Å². The van der Waals surface area contributed by atoms with Gasteiger partial charge in [-0.2, -0.15) is 0 Å². The zero-order chi connectivity index (χ0) is 10.7. The van der Waals surface area contributed by atoms with E-state index in [9.17, 15) is 0 Å². The Hall–Kier alpha value is -0.800. The molecule has 4 heteroatoms. The summed E-state index contributed by atoms with van der Waals surface area (Å²) in [6.07, 6.45) is 6.12. The molecule has 1 aromatic heterocycles. The zero-order valence-corrected chi connectivity index (χ0v) is 9.28. The van der Waals surface area contributed by atoms with Crippen LogP contribution >= 0.6 is 11.6 Å². The first-order chi connectivity index (χ1) is 7.27. The molecule has 1 heterocycles. The Morgan fingerprint density at radius 2 is 2.20 bits per heavy atom. The number of hydrogen-bond acceptors (Lipinski definition) is 3. The highest BCUT2D eigenvalue weighted by atomic mass is 35.5. The molecule has 2 N–H and O–H groups in total. The van der Waals surface area contributed by atoms with E-state index in [0.29, 0.717) is 10.9 Å². The van der Waals surface area contributed by atoms with Crippen molar-refractivity contribution in [2.75, 3.05) is 0 Å². The maximum atomic E-state index is 5.98. The molecule has 1 aromatic rings. The van der Waals surface area contributed by atoms with Crippen LogP contribution in [0.25, 0.3) is 0 Å². The Labute approximate surface area is 94.6 Å². The quantitative estimate of drug-likeness (QED) is 0.843. The lowest BCUT2D eigenvalue weighted by Gasteiger charge is -2.28. The molecule has 3 nitrogen and oxygen atoms in total. The standard InChI is InChI=1S/C11H15ClN2O/c12-8-4-3-7-14-11(8)15-10-6-2-1-5-9(10)13/h3-4,7,9-10H,1-2,5-6,13H2.